The standard InChI is InChI=1S/C16H23NO3/c1-12-3-7-15(8-4-12)20-10-9-17(14-5-6-14)11-13(2)16(18)19/h3-4,7-8,13-14H,5-6,9-11H2,1-2H3,(H,18,19). The fourth-order valence-corrected chi connectivity index (χ4v) is 2.21. The van der Waals surface area contributed by atoms with E-state index in [1.807, 2.05) is 31.2 Å². The number of carbonyl (C=O) groups is 1. The van der Waals surface area contributed by atoms with Crippen molar-refractivity contribution >= 4 is 5.97 Å². The van der Waals surface area contributed by atoms with Gasteiger partial charge in [0, 0.05) is 19.1 Å². The van der Waals surface area contributed by atoms with Crippen LogP contribution in [0.25, 0.3) is 0 Å². The molecular formula is C16H23NO3. The third kappa shape index (κ3) is 4.53. The highest BCUT2D eigenvalue weighted by atomic mass is 16.5. The number of aliphatic carboxylic acids is 1. The van der Waals surface area contributed by atoms with E-state index in [9.17, 15) is 4.79 Å². The molecule has 110 valence electrons. The Kier molecular flexibility index (Phi) is 5.01. The Hall–Kier alpha value is -1.55. The van der Waals surface area contributed by atoms with Gasteiger partial charge in [-0.15, -0.1) is 0 Å². The molecule has 4 nitrogen and oxygen atoms in total. The molecular weight excluding hydrogens is 254 g/mol. The fraction of sp³-hybridized carbons (Fsp3) is 0.562. The van der Waals surface area contributed by atoms with Gasteiger partial charge in [-0.3, -0.25) is 9.69 Å². The molecule has 1 atom stereocenters. The largest absolute Gasteiger partial charge is 0.492 e. The molecule has 0 spiro atoms. The van der Waals surface area contributed by atoms with Crippen LogP contribution < -0.4 is 4.74 Å². The van der Waals surface area contributed by atoms with E-state index in [-0.39, 0.29) is 5.92 Å². The number of ether oxygens (including phenoxy) is 1. The lowest BCUT2D eigenvalue weighted by Gasteiger charge is -2.23. The second-order valence-corrected chi connectivity index (χ2v) is 5.63. The normalized spacial score (nSPS) is 16.1. The van der Waals surface area contributed by atoms with Gasteiger partial charge in [-0.1, -0.05) is 24.6 Å². The van der Waals surface area contributed by atoms with Crippen LogP contribution >= 0.6 is 0 Å². The number of carboxylic acid groups (broad SMARTS) is 1. The maximum Gasteiger partial charge on any atom is 0.307 e. The monoisotopic (exact) mass is 277 g/mol. The van der Waals surface area contributed by atoms with Gasteiger partial charge in [0.1, 0.15) is 12.4 Å². The van der Waals surface area contributed by atoms with Crippen molar-refractivity contribution in [3.8, 4) is 5.75 Å². The Morgan fingerprint density at radius 3 is 2.60 bits per heavy atom. The molecule has 1 unspecified atom stereocenters. The zero-order valence-electron chi connectivity index (χ0n) is 12.2. The number of benzene rings is 1. The molecule has 1 aliphatic carbocycles. The number of aryl methyl sites for hydroxylation is 1. The lowest BCUT2D eigenvalue weighted by Crippen LogP contribution is -2.36. The highest BCUT2D eigenvalue weighted by Crippen LogP contribution is 2.27. The van der Waals surface area contributed by atoms with E-state index in [0.717, 1.165) is 12.3 Å². The van der Waals surface area contributed by atoms with Gasteiger partial charge in [0.2, 0.25) is 0 Å². The molecule has 0 amide bonds. The third-order valence-corrected chi connectivity index (χ3v) is 3.66. The first-order valence-corrected chi connectivity index (χ1v) is 7.22. The molecule has 0 saturated heterocycles. The predicted molar refractivity (Wildman–Crippen MR) is 78.1 cm³/mol. The van der Waals surface area contributed by atoms with Crippen LogP contribution in [0.2, 0.25) is 0 Å². The summed E-state index contributed by atoms with van der Waals surface area (Å²) in [4.78, 5) is 13.2. The smallest absolute Gasteiger partial charge is 0.307 e. The van der Waals surface area contributed by atoms with E-state index in [4.69, 9.17) is 9.84 Å². The molecule has 0 radical (unpaired) electrons. The van der Waals surface area contributed by atoms with Crippen molar-refractivity contribution in [3.05, 3.63) is 29.8 Å². The molecule has 1 aliphatic rings. The van der Waals surface area contributed by atoms with Crippen LogP contribution in [0.1, 0.15) is 25.3 Å². The van der Waals surface area contributed by atoms with E-state index in [2.05, 4.69) is 4.90 Å². The zero-order chi connectivity index (χ0) is 14.5. The van der Waals surface area contributed by atoms with E-state index >= 15 is 0 Å². The molecule has 0 aromatic heterocycles. The second kappa shape index (κ2) is 6.75. The van der Waals surface area contributed by atoms with E-state index in [1.165, 1.54) is 18.4 Å². The molecule has 2 rings (SSSR count). The molecule has 0 heterocycles. The molecule has 20 heavy (non-hydrogen) atoms. The maximum absolute atomic E-state index is 10.9. The fourth-order valence-electron chi connectivity index (χ4n) is 2.21. The number of nitrogens with zero attached hydrogens (tertiary/aromatic N) is 1. The van der Waals surface area contributed by atoms with Gasteiger partial charge in [-0.2, -0.15) is 0 Å². The third-order valence-electron chi connectivity index (χ3n) is 3.66. The van der Waals surface area contributed by atoms with Crippen LogP contribution in [0.15, 0.2) is 24.3 Å². The number of hydrogen-bond donors (Lipinski definition) is 1. The summed E-state index contributed by atoms with van der Waals surface area (Å²) in [5.74, 6) is -0.178. The van der Waals surface area contributed by atoms with Crippen LogP contribution in [-0.4, -0.2) is 41.7 Å². The van der Waals surface area contributed by atoms with Gasteiger partial charge >= 0.3 is 5.97 Å². The van der Waals surface area contributed by atoms with Gasteiger partial charge < -0.3 is 9.84 Å². The van der Waals surface area contributed by atoms with E-state index < -0.39 is 5.97 Å². The van der Waals surface area contributed by atoms with Crippen molar-refractivity contribution in [2.24, 2.45) is 5.92 Å². The van der Waals surface area contributed by atoms with Crippen molar-refractivity contribution in [2.45, 2.75) is 32.7 Å². The van der Waals surface area contributed by atoms with Gasteiger partial charge in [-0.25, -0.2) is 0 Å². The van der Waals surface area contributed by atoms with Crippen LogP contribution in [0.5, 0.6) is 5.75 Å². The SMILES string of the molecule is Cc1ccc(OCCN(CC(C)C(=O)O)C2CC2)cc1. The Balaban J connectivity index is 1.77. The molecule has 1 aromatic carbocycles. The highest BCUT2D eigenvalue weighted by molar-refractivity contribution is 5.69. The summed E-state index contributed by atoms with van der Waals surface area (Å²) in [6, 6.07) is 8.55. The van der Waals surface area contributed by atoms with Gasteiger partial charge in [-0.05, 0) is 31.9 Å². The average molecular weight is 277 g/mol. The number of hydrogen-bond acceptors (Lipinski definition) is 3. The van der Waals surface area contributed by atoms with Gasteiger partial charge in [0.15, 0.2) is 0 Å². The van der Waals surface area contributed by atoms with E-state index in [0.29, 0.717) is 19.2 Å². The van der Waals surface area contributed by atoms with Gasteiger partial charge in [0.05, 0.1) is 5.92 Å². The summed E-state index contributed by atoms with van der Waals surface area (Å²) in [6.45, 7) is 5.81. The molecule has 1 fully saturated rings. The van der Waals surface area contributed by atoms with Gasteiger partial charge in [0.25, 0.3) is 0 Å². The quantitative estimate of drug-likeness (QED) is 0.793. The summed E-state index contributed by atoms with van der Waals surface area (Å²) in [5.41, 5.74) is 1.22. The van der Waals surface area contributed by atoms with Crippen LogP contribution in [0.4, 0.5) is 0 Å². The molecule has 0 aliphatic heterocycles. The molecule has 1 saturated carbocycles. The first-order valence-electron chi connectivity index (χ1n) is 7.22. The van der Waals surface area contributed by atoms with Crippen molar-refractivity contribution in [3.63, 3.8) is 0 Å². The first-order chi connectivity index (χ1) is 9.56. The number of rotatable bonds is 8. The first kappa shape index (κ1) is 14.9. The Labute approximate surface area is 120 Å². The molecule has 4 heteroatoms. The Morgan fingerprint density at radius 2 is 2.05 bits per heavy atom. The van der Waals surface area contributed by atoms with Crippen molar-refractivity contribution in [1.82, 2.24) is 4.90 Å². The Morgan fingerprint density at radius 1 is 1.40 bits per heavy atom. The summed E-state index contributed by atoms with van der Waals surface area (Å²) in [5, 5.41) is 9.00. The van der Waals surface area contributed by atoms with E-state index in [1.54, 1.807) is 6.92 Å². The van der Waals surface area contributed by atoms with Crippen LogP contribution in [0.3, 0.4) is 0 Å². The predicted octanol–water partition coefficient (Wildman–Crippen LogP) is 2.56. The Bertz CT molecular complexity index is 440. The lowest BCUT2D eigenvalue weighted by molar-refractivity contribution is -0.141. The maximum atomic E-state index is 10.9. The van der Waals surface area contributed by atoms with Crippen LogP contribution in [0, 0.1) is 12.8 Å². The zero-order valence-corrected chi connectivity index (χ0v) is 12.2. The topological polar surface area (TPSA) is 49.8 Å². The minimum absolute atomic E-state index is 0.324. The summed E-state index contributed by atoms with van der Waals surface area (Å²) >= 11 is 0. The van der Waals surface area contributed by atoms with Crippen molar-refractivity contribution < 1.29 is 14.6 Å². The minimum Gasteiger partial charge on any atom is -0.492 e. The highest BCUT2D eigenvalue weighted by Gasteiger charge is 2.30. The van der Waals surface area contributed by atoms with Crippen LogP contribution in [-0.2, 0) is 4.79 Å². The number of carboxylic acids is 1. The second-order valence-electron chi connectivity index (χ2n) is 5.63. The van der Waals surface area contributed by atoms with Crippen molar-refractivity contribution in [1.29, 1.82) is 0 Å². The summed E-state index contributed by atoms with van der Waals surface area (Å²) in [6.07, 6.45) is 2.35. The summed E-state index contributed by atoms with van der Waals surface area (Å²) in [7, 11) is 0. The molecule has 0 bridgehead atoms. The summed E-state index contributed by atoms with van der Waals surface area (Å²) < 4.78 is 5.72. The van der Waals surface area contributed by atoms with Crippen molar-refractivity contribution in [2.75, 3.05) is 19.7 Å². The molecule has 1 N–H and O–H groups in total. The average Bonchev–Trinajstić information content (AvgIpc) is 3.24. The minimum atomic E-state index is -0.727. The molecule has 1 aromatic rings. The lowest BCUT2D eigenvalue weighted by atomic mass is 10.1.